The van der Waals surface area contributed by atoms with E-state index in [4.69, 9.17) is 21.6 Å². The highest BCUT2D eigenvalue weighted by Gasteiger charge is 2.14. The SMILES string of the molecule is Cc1cc(OCC(=O)N[C@@H](C#N)c2ccc(F)cc2)ccc1Cl. The molecule has 0 radical (unpaired) electrons. The van der Waals surface area contributed by atoms with Crippen molar-refractivity contribution in [1.82, 2.24) is 5.32 Å². The number of nitrogens with zero attached hydrogens (tertiary/aromatic N) is 1. The molecule has 0 unspecified atom stereocenters. The van der Waals surface area contributed by atoms with E-state index in [-0.39, 0.29) is 6.61 Å². The number of nitrogens with one attached hydrogen (secondary N) is 1. The summed E-state index contributed by atoms with van der Waals surface area (Å²) in [6, 6.07) is 11.5. The van der Waals surface area contributed by atoms with Crippen molar-refractivity contribution in [3.63, 3.8) is 0 Å². The van der Waals surface area contributed by atoms with Gasteiger partial charge in [-0.1, -0.05) is 23.7 Å². The molecule has 4 nitrogen and oxygen atoms in total. The topological polar surface area (TPSA) is 62.1 Å². The Kier molecular flexibility index (Phi) is 5.56. The van der Waals surface area contributed by atoms with E-state index in [2.05, 4.69) is 5.32 Å². The third kappa shape index (κ3) is 4.70. The van der Waals surface area contributed by atoms with Gasteiger partial charge in [0.25, 0.3) is 5.91 Å². The predicted molar refractivity (Wildman–Crippen MR) is 84.6 cm³/mol. The third-order valence-corrected chi connectivity index (χ3v) is 3.56. The third-order valence-electron chi connectivity index (χ3n) is 3.14. The van der Waals surface area contributed by atoms with Gasteiger partial charge < -0.3 is 10.1 Å². The Hall–Kier alpha value is -2.58. The van der Waals surface area contributed by atoms with Crippen LogP contribution in [-0.2, 0) is 4.79 Å². The van der Waals surface area contributed by atoms with Crippen LogP contribution >= 0.6 is 11.6 Å². The van der Waals surface area contributed by atoms with Gasteiger partial charge in [0.05, 0.1) is 6.07 Å². The molecule has 6 heteroatoms. The Morgan fingerprint density at radius 3 is 2.65 bits per heavy atom. The highest BCUT2D eigenvalue weighted by molar-refractivity contribution is 6.31. The lowest BCUT2D eigenvalue weighted by molar-refractivity contribution is -0.123. The molecule has 0 aromatic heterocycles. The van der Waals surface area contributed by atoms with Gasteiger partial charge >= 0.3 is 0 Å². The fraction of sp³-hybridized carbons (Fsp3) is 0.176. The van der Waals surface area contributed by atoms with Gasteiger partial charge in [-0.05, 0) is 48.4 Å². The molecule has 2 aromatic rings. The van der Waals surface area contributed by atoms with Gasteiger partial charge in [0.1, 0.15) is 17.6 Å². The summed E-state index contributed by atoms with van der Waals surface area (Å²) in [5.74, 6) is -0.343. The summed E-state index contributed by atoms with van der Waals surface area (Å²) in [7, 11) is 0. The quantitative estimate of drug-likeness (QED) is 0.910. The van der Waals surface area contributed by atoms with E-state index in [1.165, 1.54) is 24.3 Å². The van der Waals surface area contributed by atoms with Crippen molar-refractivity contribution < 1.29 is 13.9 Å². The number of carbonyl (C=O) groups excluding carboxylic acids is 1. The Morgan fingerprint density at radius 2 is 2.04 bits per heavy atom. The van der Waals surface area contributed by atoms with E-state index in [1.807, 2.05) is 13.0 Å². The maximum atomic E-state index is 12.9. The summed E-state index contributed by atoms with van der Waals surface area (Å²) < 4.78 is 18.3. The van der Waals surface area contributed by atoms with Gasteiger partial charge in [0.2, 0.25) is 0 Å². The number of ether oxygens (including phenoxy) is 1. The van der Waals surface area contributed by atoms with E-state index in [0.717, 1.165) is 5.56 Å². The van der Waals surface area contributed by atoms with Crippen molar-refractivity contribution in [2.75, 3.05) is 6.61 Å². The second-order valence-electron chi connectivity index (χ2n) is 4.88. The fourth-order valence-electron chi connectivity index (χ4n) is 1.90. The molecule has 0 saturated carbocycles. The smallest absolute Gasteiger partial charge is 0.259 e. The number of hydrogen-bond donors (Lipinski definition) is 1. The van der Waals surface area contributed by atoms with Crippen molar-refractivity contribution in [3.8, 4) is 11.8 Å². The highest BCUT2D eigenvalue weighted by Crippen LogP contribution is 2.21. The molecule has 0 heterocycles. The van der Waals surface area contributed by atoms with Crippen LogP contribution in [-0.4, -0.2) is 12.5 Å². The van der Waals surface area contributed by atoms with Crippen LogP contribution in [0.25, 0.3) is 0 Å². The molecule has 1 atom stereocenters. The summed E-state index contributed by atoms with van der Waals surface area (Å²) in [6.45, 7) is 1.59. The maximum absolute atomic E-state index is 12.9. The van der Waals surface area contributed by atoms with Crippen LogP contribution in [0, 0.1) is 24.1 Å². The highest BCUT2D eigenvalue weighted by atomic mass is 35.5. The molecular weight excluding hydrogens is 319 g/mol. The van der Waals surface area contributed by atoms with Crippen molar-refractivity contribution in [3.05, 3.63) is 64.4 Å². The summed E-state index contributed by atoms with van der Waals surface area (Å²) in [4.78, 5) is 11.9. The summed E-state index contributed by atoms with van der Waals surface area (Å²) in [5.41, 5.74) is 1.34. The van der Waals surface area contributed by atoms with Gasteiger partial charge in [-0.2, -0.15) is 5.26 Å². The number of carbonyl (C=O) groups is 1. The number of rotatable bonds is 5. The minimum atomic E-state index is -0.862. The lowest BCUT2D eigenvalue weighted by Crippen LogP contribution is -2.32. The summed E-state index contributed by atoms with van der Waals surface area (Å²) >= 11 is 5.91. The zero-order valence-corrected chi connectivity index (χ0v) is 13.1. The molecule has 118 valence electrons. The second-order valence-corrected chi connectivity index (χ2v) is 5.29. The molecule has 2 aromatic carbocycles. The van der Waals surface area contributed by atoms with Crippen molar-refractivity contribution in [2.24, 2.45) is 0 Å². The number of halogens is 2. The van der Waals surface area contributed by atoms with Crippen LogP contribution in [0.15, 0.2) is 42.5 Å². The number of hydrogen-bond acceptors (Lipinski definition) is 3. The fourth-order valence-corrected chi connectivity index (χ4v) is 2.02. The predicted octanol–water partition coefficient (Wildman–Crippen LogP) is 3.55. The van der Waals surface area contributed by atoms with Crippen molar-refractivity contribution in [2.45, 2.75) is 13.0 Å². The van der Waals surface area contributed by atoms with Crippen LogP contribution in [0.5, 0.6) is 5.75 Å². The average molecular weight is 333 g/mol. The van der Waals surface area contributed by atoms with Gasteiger partial charge in [-0.25, -0.2) is 4.39 Å². The zero-order valence-electron chi connectivity index (χ0n) is 12.3. The van der Waals surface area contributed by atoms with E-state index < -0.39 is 17.8 Å². The molecule has 23 heavy (non-hydrogen) atoms. The molecule has 0 spiro atoms. The molecule has 0 fully saturated rings. The monoisotopic (exact) mass is 332 g/mol. The van der Waals surface area contributed by atoms with E-state index in [1.54, 1.807) is 18.2 Å². The molecular formula is C17H14ClFN2O2. The van der Waals surface area contributed by atoms with Gasteiger partial charge in [-0.15, -0.1) is 0 Å². The number of amides is 1. The molecule has 0 aliphatic heterocycles. The normalized spacial score (nSPS) is 11.4. The summed E-state index contributed by atoms with van der Waals surface area (Å²) in [5, 5.41) is 12.3. The zero-order chi connectivity index (χ0) is 16.8. The Morgan fingerprint density at radius 1 is 1.35 bits per heavy atom. The molecule has 0 bridgehead atoms. The Bertz CT molecular complexity index is 741. The minimum absolute atomic E-state index is 0.236. The van der Waals surface area contributed by atoms with Crippen LogP contribution < -0.4 is 10.1 Å². The van der Waals surface area contributed by atoms with Crippen molar-refractivity contribution >= 4 is 17.5 Å². The first kappa shape index (κ1) is 16.8. The lowest BCUT2D eigenvalue weighted by atomic mass is 10.1. The number of aryl methyl sites for hydroxylation is 1. The molecule has 0 saturated heterocycles. The largest absolute Gasteiger partial charge is 0.484 e. The first-order valence-corrected chi connectivity index (χ1v) is 7.21. The Balaban J connectivity index is 1.93. The van der Waals surface area contributed by atoms with Gasteiger partial charge in [0.15, 0.2) is 6.61 Å². The first-order chi connectivity index (χ1) is 11.0. The Labute approximate surface area is 138 Å². The second kappa shape index (κ2) is 7.61. The lowest BCUT2D eigenvalue weighted by Gasteiger charge is -2.13. The van der Waals surface area contributed by atoms with E-state index in [0.29, 0.717) is 16.3 Å². The molecule has 0 aliphatic carbocycles. The van der Waals surface area contributed by atoms with E-state index >= 15 is 0 Å². The molecule has 1 amide bonds. The number of benzene rings is 2. The van der Waals surface area contributed by atoms with Crippen LogP contribution in [0.4, 0.5) is 4.39 Å². The average Bonchev–Trinajstić information content (AvgIpc) is 2.54. The van der Waals surface area contributed by atoms with Crippen LogP contribution in [0.2, 0.25) is 5.02 Å². The molecule has 2 rings (SSSR count). The molecule has 1 N–H and O–H groups in total. The molecule has 0 aliphatic rings. The maximum Gasteiger partial charge on any atom is 0.259 e. The van der Waals surface area contributed by atoms with Crippen LogP contribution in [0.1, 0.15) is 17.2 Å². The van der Waals surface area contributed by atoms with E-state index in [9.17, 15) is 9.18 Å². The van der Waals surface area contributed by atoms with Crippen molar-refractivity contribution in [1.29, 1.82) is 5.26 Å². The first-order valence-electron chi connectivity index (χ1n) is 6.83. The van der Waals surface area contributed by atoms with Gasteiger partial charge in [-0.3, -0.25) is 4.79 Å². The van der Waals surface area contributed by atoms with Gasteiger partial charge in [0, 0.05) is 5.02 Å². The standard InChI is InChI=1S/C17H14ClFN2O2/c1-11-8-14(6-7-15(11)18)23-10-17(22)21-16(9-20)12-2-4-13(19)5-3-12/h2-8,16H,10H2,1H3,(H,21,22)/t16-/m0/s1. The number of nitriles is 1. The summed E-state index contributed by atoms with van der Waals surface area (Å²) in [6.07, 6.45) is 0. The van der Waals surface area contributed by atoms with Crippen LogP contribution in [0.3, 0.4) is 0 Å². The minimum Gasteiger partial charge on any atom is -0.484 e.